The van der Waals surface area contributed by atoms with Gasteiger partial charge in [0.05, 0.1) is 0 Å². The molecule has 2 bridgehead atoms. The molecule has 24 heavy (non-hydrogen) atoms. The third kappa shape index (κ3) is 4.64. The van der Waals surface area contributed by atoms with E-state index in [9.17, 15) is 4.79 Å². The average molecular weight is 335 g/mol. The van der Waals surface area contributed by atoms with Crippen LogP contribution in [0, 0.1) is 17.8 Å². The number of rotatable bonds is 8. The highest BCUT2D eigenvalue weighted by molar-refractivity contribution is 5.79. The van der Waals surface area contributed by atoms with E-state index in [1.165, 1.54) is 32.1 Å². The molecule has 2 aliphatic carbocycles. The Kier molecular flexibility index (Phi) is 6.38. The van der Waals surface area contributed by atoms with E-state index in [4.69, 9.17) is 0 Å². The summed E-state index contributed by atoms with van der Waals surface area (Å²) in [5.41, 5.74) is 0. The number of nitrogens with one attached hydrogen (secondary N) is 2. The molecule has 1 saturated heterocycles. The summed E-state index contributed by atoms with van der Waals surface area (Å²) in [7, 11) is 0. The first-order valence-corrected chi connectivity index (χ1v) is 10.1. The molecular weight excluding hydrogens is 300 g/mol. The number of hydrogen-bond acceptors (Lipinski definition) is 2. The molecule has 1 heterocycles. The zero-order valence-electron chi connectivity index (χ0n) is 15.2. The molecule has 0 aromatic rings. The van der Waals surface area contributed by atoms with E-state index in [0.717, 1.165) is 75.7 Å². The van der Waals surface area contributed by atoms with Crippen LogP contribution in [-0.4, -0.2) is 49.5 Å². The van der Waals surface area contributed by atoms with E-state index in [0.29, 0.717) is 5.91 Å². The van der Waals surface area contributed by atoms with Crippen molar-refractivity contribution in [1.82, 2.24) is 15.5 Å². The van der Waals surface area contributed by atoms with E-state index in [2.05, 4.69) is 22.5 Å². The molecule has 3 rings (SSSR count). The first-order valence-electron chi connectivity index (χ1n) is 10.1. The molecule has 2 N–H and O–H groups in total. The number of aliphatic imine (C=N–C) groups is 1. The standard InChI is InChI=1S/C19H34N4O/c1-2-20-19(21-9-4-12-23-11-3-5-18(23)24)22-10-8-17-14-15-6-7-16(17)13-15/h15-17H,2-14H2,1H3,(H2,20,21,22). The Hall–Kier alpha value is -1.26. The van der Waals surface area contributed by atoms with Crippen LogP contribution in [0.5, 0.6) is 0 Å². The molecule has 1 amide bonds. The van der Waals surface area contributed by atoms with Crippen LogP contribution in [-0.2, 0) is 4.79 Å². The van der Waals surface area contributed by atoms with Gasteiger partial charge in [0.2, 0.25) is 5.91 Å². The number of hydrogen-bond donors (Lipinski definition) is 2. The van der Waals surface area contributed by atoms with E-state index in [-0.39, 0.29) is 0 Å². The molecule has 0 spiro atoms. The molecule has 3 unspecified atom stereocenters. The van der Waals surface area contributed by atoms with Crippen molar-refractivity contribution in [2.24, 2.45) is 22.7 Å². The summed E-state index contributed by atoms with van der Waals surface area (Å²) in [5.74, 6) is 4.24. The maximum Gasteiger partial charge on any atom is 0.222 e. The normalized spacial score (nSPS) is 29.5. The lowest BCUT2D eigenvalue weighted by atomic mass is 9.86. The number of fused-ring (bicyclic) bond motifs is 2. The summed E-state index contributed by atoms with van der Waals surface area (Å²) < 4.78 is 0. The molecule has 5 nitrogen and oxygen atoms in total. The molecular formula is C19H34N4O. The van der Waals surface area contributed by atoms with Gasteiger partial charge in [0.1, 0.15) is 0 Å². The summed E-state index contributed by atoms with van der Waals surface area (Å²) in [6.07, 6.45) is 9.91. The third-order valence-corrected chi connectivity index (χ3v) is 6.06. The summed E-state index contributed by atoms with van der Waals surface area (Å²) in [6, 6.07) is 0. The lowest BCUT2D eigenvalue weighted by Gasteiger charge is -2.22. The summed E-state index contributed by atoms with van der Waals surface area (Å²) in [5, 5.41) is 6.84. The Labute approximate surface area is 146 Å². The predicted molar refractivity (Wildman–Crippen MR) is 98.0 cm³/mol. The lowest BCUT2D eigenvalue weighted by Crippen LogP contribution is -2.38. The van der Waals surface area contributed by atoms with Gasteiger partial charge in [0.15, 0.2) is 5.96 Å². The average Bonchev–Trinajstić information content (AvgIpc) is 3.29. The van der Waals surface area contributed by atoms with Crippen LogP contribution in [0.4, 0.5) is 0 Å². The van der Waals surface area contributed by atoms with E-state index in [1.54, 1.807) is 0 Å². The van der Waals surface area contributed by atoms with Gasteiger partial charge in [-0.3, -0.25) is 9.79 Å². The minimum Gasteiger partial charge on any atom is -0.357 e. The fourth-order valence-corrected chi connectivity index (χ4v) is 4.84. The van der Waals surface area contributed by atoms with Gasteiger partial charge in [-0.05, 0) is 63.2 Å². The van der Waals surface area contributed by atoms with Gasteiger partial charge in [-0.15, -0.1) is 0 Å². The number of guanidine groups is 1. The van der Waals surface area contributed by atoms with Crippen molar-refractivity contribution in [3.05, 3.63) is 0 Å². The highest BCUT2D eigenvalue weighted by atomic mass is 16.2. The van der Waals surface area contributed by atoms with Crippen molar-refractivity contribution < 1.29 is 4.79 Å². The molecule has 0 radical (unpaired) electrons. The molecule has 0 aromatic heterocycles. The monoisotopic (exact) mass is 334 g/mol. The largest absolute Gasteiger partial charge is 0.357 e. The quantitative estimate of drug-likeness (QED) is 0.407. The Balaban J connectivity index is 1.33. The molecule has 2 saturated carbocycles. The maximum atomic E-state index is 11.6. The number of likely N-dealkylation sites (tertiary alicyclic amines) is 1. The Bertz CT molecular complexity index is 451. The minimum absolute atomic E-state index is 0.315. The van der Waals surface area contributed by atoms with E-state index < -0.39 is 0 Å². The third-order valence-electron chi connectivity index (χ3n) is 6.06. The summed E-state index contributed by atoms with van der Waals surface area (Å²) in [4.78, 5) is 18.2. The van der Waals surface area contributed by atoms with Gasteiger partial charge in [-0.25, -0.2) is 0 Å². The van der Waals surface area contributed by atoms with E-state index >= 15 is 0 Å². The summed E-state index contributed by atoms with van der Waals surface area (Å²) in [6.45, 7) is 6.61. The van der Waals surface area contributed by atoms with Crippen molar-refractivity contribution in [3.63, 3.8) is 0 Å². The summed E-state index contributed by atoms with van der Waals surface area (Å²) >= 11 is 0. The zero-order chi connectivity index (χ0) is 16.8. The van der Waals surface area contributed by atoms with Crippen molar-refractivity contribution in [3.8, 4) is 0 Å². The van der Waals surface area contributed by atoms with Crippen molar-refractivity contribution in [1.29, 1.82) is 0 Å². The fourth-order valence-electron chi connectivity index (χ4n) is 4.84. The Morgan fingerprint density at radius 2 is 2.21 bits per heavy atom. The molecule has 1 aliphatic heterocycles. The maximum absolute atomic E-state index is 11.6. The minimum atomic E-state index is 0.315. The second-order valence-corrected chi connectivity index (χ2v) is 7.75. The number of nitrogens with zero attached hydrogens (tertiary/aromatic N) is 2. The molecule has 3 aliphatic rings. The predicted octanol–water partition coefficient (Wildman–Crippen LogP) is 2.38. The van der Waals surface area contributed by atoms with Crippen molar-refractivity contribution >= 4 is 11.9 Å². The van der Waals surface area contributed by atoms with Gasteiger partial charge in [0.25, 0.3) is 0 Å². The van der Waals surface area contributed by atoms with Crippen molar-refractivity contribution in [2.75, 3.05) is 32.7 Å². The smallest absolute Gasteiger partial charge is 0.222 e. The fraction of sp³-hybridized carbons (Fsp3) is 0.895. The number of carbonyl (C=O) groups excluding carboxylic acids is 1. The Morgan fingerprint density at radius 3 is 2.88 bits per heavy atom. The van der Waals surface area contributed by atoms with E-state index in [1.807, 2.05) is 4.90 Å². The van der Waals surface area contributed by atoms with Gasteiger partial charge < -0.3 is 15.5 Å². The highest BCUT2D eigenvalue weighted by Crippen LogP contribution is 2.49. The van der Waals surface area contributed by atoms with Crippen LogP contribution in [0.25, 0.3) is 0 Å². The lowest BCUT2D eigenvalue weighted by molar-refractivity contribution is -0.127. The zero-order valence-corrected chi connectivity index (χ0v) is 15.2. The molecule has 136 valence electrons. The van der Waals surface area contributed by atoms with Crippen LogP contribution in [0.3, 0.4) is 0 Å². The molecule has 5 heteroatoms. The molecule has 3 fully saturated rings. The van der Waals surface area contributed by atoms with Crippen LogP contribution < -0.4 is 10.6 Å². The van der Waals surface area contributed by atoms with Gasteiger partial charge in [-0.2, -0.15) is 0 Å². The number of amides is 1. The van der Waals surface area contributed by atoms with Crippen LogP contribution >= 0.6 is 0 Å². The van der Waals surface area contributed by atoms with Crippen molar-refractivity contribution in [2.45, 2.75) is 58.3 Å². The van der Waals surface area contributed by atoms with Gasteiger partial charge >= 0.3 is 0 Å². The SMILES string of the molecule is CCNC(=NCCCN1CCCC1=O)NCCC1CC2CCC1C2. The molecule has 3 atom stereocenters. The topological polar surface area (TPSA) is 56.7 Å². The second-order valence-electron chi connectivity index (χ2n) is 7.75. The second kappa shape index (κ2) is 8.72. The number of carbonyl (C=O) groups is 1. The first kappa shape index (κ1) is 17.6. The Morgan fingerprint density at radius 1 is 1.29 bits per heavy atom. The van der Waals surface area contributed by atoms with Gasteiger partial charge in [0, 0.05) is 39.1 Å². The molecule has 0 aromatic carbocycles. The highest BCUT2D eigenvalue weighted by Gasteiger charge is 2.38. The van der Waals surface area contributed by atoms with Gasteiger partial charge in [-0.1, -0.05) is 6.42 Å². The van der Waals surface area contributed by atoms with Crippen LogP contribution in [0.1, 0.15) is 58.3 Å². The van der Waals surface area contributed by atoms with Crippen LogP contribution in [0.15, 0.2) is 4.99 Å². The van der Waals surface area contributed by atoms with Crippen LogP contribution in [0.2, 0.25) is 0 Å². The first-order chi connectivity index (χ1) is 11.8.